The van der Waals surface area contributed by atoms with Crippen molar-refractivity contribution in [1.82, 2.24) is 39.9 Å². The number of H-pyrrole nitrogens is 2. The Morgan fingerprint density at radius 3 is 2.59 bits per heavy atom. The highest BCUT2D eigenvalue weighted by Crippen LogP contribution is 2.25. The van der Waals surface area contributed by atoms with Crippen molar-refractivity contribution in [3.8, 4) is 17.3 Å². The summed E-state index contributed by atoms with van der Waals surface area (Å²) in [5.74, 6) is 0.604. The lowest BCUT2D eigenvalue weighted by atomic mass is 10.2. The second-order valence-corrected chi connectivity index (χ2v) is 9.15. The summed E-state index contributed by atoms with van der Waals surface area (Å²) in [6.45, 7) is 7.65. The number of aromatic nitrogens is 6. The summed E-state index contributed by atoms with van der Waals surface area (Å²) in [4.78, 5) is 30.7. The number of carboxylic acids is 1. The van der Waals surface area contributed by atoms with Crippen molar-refractivity contribution < 1.29 is 19.7 Å². The van der Waals surface area contributed by atoms with Gasteiger partial charge in [0.2, 0.25) is 5.82 Å². The minimum absolute atomic E-state index is 0.125. The van der Waals surface area contributed by atoms with Gasteiger partial charge in [-0.2, -0.15) is 0 Å². The minimum atomic E-state index is -1.10. The minimum Gasteiger partial charge on any atom is -0.491 e. The molecular formula is C25H30N8O4. The molecule has 0 radical (unpaired) electrons. The van der Waals surface area contributed by atoms with Gasteiger partial charge < -0.3 is 29.8 Å². The van der Waals surface area contributed by atoms with Crippen LogP contribution in [-0.2, 0) is 13.0 Å². The number of rotatable bonds is 10. The zero-order valence-electron chi connectivity index (χ0n) is 20.6. The molecule has 0 aliphatic carbocycles. The quantitative estimate of drug-likeness (QED) is 0.248. The Labute approximate surface area is 213 Å². The van der Waals surface area contributed by atoms with E-state index in [1.165, 1.54) is 0 Å². The molecule has 12 nitrogen and oxygen atoms in total. The zero-order chi connectivity index (χ0) is 25.8. The van der Waals surface area contributed by atoms with Gasteiger partial charge >= 0.3 is 5.97 Å². The van der Waals surface area contributed by atoms with E-state index in [9.17, 15) is 9.90 Å². The fourth-order valence-electron chi connectivity index (χ4n) is 4.43. The number of carbonyl (C=O) groups is 1. The number of aliphatic hydroxyl groups excluding tert-OH is 1. The summed E-state index contributed by atoms with van der Waals surface area (Å²) in [5, 5.41) is 26.4. The van der Waals surface area contributed by atoms with Crippen LogP contribution < -0.4 is 4.74 Å². The molecule has 5 rings (SSSR count). The molecule has 4 heterocycles. The maximum atomic E-state index is 10.9. The number of nitrogens with one attached hydrogen (secondary N) is 2. The number of carboxylic acid groups (broad SMARTS) is 1. The van der Waals surface area contributed by atoms with Crippen LogP contribution in [0.15, 0.2) is 30.5 Å². The molecule has 0 saturated carbocycles. The van der Waals surface area contributed by atoms with Crippen molar-refractivity contribution in [3.63, 3.8) is 0 Å². The van der Waals surface area contributed by atoms with E-state index >= 15 is 0 Å². The van der Waals surface area contributed by atoms with Crippen LogP contribution >= 0.6 is 0 Å². The highest BCUT2D eigenvalue weighted by Gasteiger charge is 2.18. The molecule has 0 spiro atoms. The molecular weight excluding hydrogens is 476 g/mol. The summed E-state index contributed by atoms with van der Waals surface area (Å²) >= 11 is 0. The third-order valence-electron chi connectivity index (χ3n) is 6.52. The Balaban J connectivity index is 1.09. The molecule has 0 atom stereocenters. The molecule has 194 valence electrons. The van der Waals surface area contributed by atoms with E-state index in [1.54, 1.807) is 6.20 Å². The third kappa shape index (κ3) is 5.93. The normalized spacial score (nSPS) is 14.9. The summed E-state index contributed by atoms with van der Waals surface area (Å²) in [6, 6.07) is 7.85. The van der Waals surface area contributed by atoms with E-state index in [1.807, 2.05) is 31.2 Å². The van der Waals surface area contributed by atoms with Gasteiger partial charge in [0.1, 0.15) is 23.9 Å². The number of nitrogens with zero attached hydrogens (tertiary/aromatic N) is 6. The van der Waals surface area contributed by atoms with E-state index in [-0.39, 0.29) is 12.4 Å². The van der Waals surface area contributed by atoms with Crippen molar-refractivity contribution in [2.24, 2.45) is 0 Å². The average Bonchev–Trinajstić information content (AvgIpc) is 3.55. The summed E-state index contributed by atoms with van der Waals surface area (Å²) < 4.78 is 5.94. The van der Waals surface area contributed by atoms with E-state index < -0.39 is 5.97 Å². The lowest BCUT2D eigenvalue weighted by molar-refractivity contribution is 0.0684. The second kappa shape index (κ2) is 11.0. The first-order valence-electron chi connectivity index (χ1n) is 12.3. The van der Waals surface area contributed by atoms with E-state index in [2.05, 4.69) is 39.9 Å². The Hall–Kier alpha value is -3.87. The number of aliphatic hydroxyl groups is 1. The predicted octanol–water partition coefficient (Wildman–Crippen LogP) is 1.48. The van der Waals surface area contributed by atoms with Gasteiger partial charge in [-0.05, 0) is 30.7 Å². The summed E-state index contributed by atoms with van der Waals surface area (Å²) in [7, 11) is 0. The number of hydrogen-bond acceptors (Lipinski definition) is 9. The highest BCUT2D eigenvalue weighted by atomic mass is 16.5. The van der Waals surface area contributed by atoms with Crippen LogP contribution in [0.25, 0.3) is 22.6 Å². The number of ether oxygens (including phenoxy) is 1. The Morgan fingerprint density at radius 1 is 1.08 bits per heavy atom. The fourth-order valence-corrected chi connectivity index (χ4v) is 4.43. The van der Waals surface area contributed by atoms with Crippen LogP contribution in [0.5, 0.6) is 5.75 Å². The van der Waals surface area contributed by atoms with E-state index in [0.717, 1.165) is 55.9 Å². The topological polar surface area (TPSA) is 156 Å². The van der Waals surface area contributed by atoms with Crippen LogP contribution in [0.3, 0.4) is 0 Å². The van der Waals surface area contributed by atoms with Gasteiger partial charge in [-0.3, -0.25) is 4.90 Å². The molecule has 37 heavy (non-hydrogen) atoms. The number of aromatic amines is 2. The maximum absolute atomic E-state index is 10.9. The zero-order valence-corrected chi connectivity index (χ0v) is 20.6. The molecule has 1 fully saturated rings. The SMILES string of the molecule is Cc1ccc2[nH]c(-c3ncc(OCCN4CCN(CCc5nnc(C(=O)O)[nH]5)CC4)cc3CO)nc2c1. The highest BCUT2D eigenvalue weighted by molar-refractivity contribution is 5.82. The number of fused-ring (bicyclic) bond motifs is 1. The van der Waals surface area contributed by atoms with Gasteiger partial charge in [0.15, 0.2) is 5.82 Å². The summed E-state index contributed by atoms with van der Waals surface area (Å²) in [5.41, 5.74) is 4.20. The molecule has 0 unspecified atom stereocenters. The van der Waals surface area contributed by atoms with Crippen molar-refractivity contribution in [1.29, 1.82) is 0 Å². The van der Waals surface area contributed by atoms with Crippen LogP contribution in [0.2, 0.25) is 0 Å². The number of benzene rings is 1. The molecule has 1 saturated heterocycles. The monoisotopic (exact) mass is 506 g/mol. The molecule has 1 aliphatic rings. The first kappa shape index (κ1) is 24.8. The van der Waals surface area contributed by atoms with E-state index in [4.69, 9.17) is 9.84 Å². The van der Waals surface area contributed by atoms with Gasteiger partial charge in [-0.15, -0.1) is 10.2 Å². The second-order valence-electron chi connectivity index (χ2n) is 9.15. The smallest absolute Gasteiger partial charge is 0.373 e. The number of piperazine rings is 1. The summed E-state index contributed by atoms with van der Waals surface area (Å²) in [6.07, 6.45) is 2.30. The van der Waals surface area contributed by atoms with Crippen molar-refractivity contribution in [3.05, 3.63) is 53.2 Å². The first-order chi connectivity index (χ1) is 18.0. The standard InChI is InChI=1S/C25H30N8O4/c1-16-2-3-19-20(12-16)28-23(27-19)22-17(15-34)13-18(14-26-22)37-11-10-33-8-6-32(7-9-33)5-4-21-29-24(25(35)36)31-30-21/h2-3,12-14,34H,4-11,15H2,1H3,(H,27,28)(H,35,36)(H,29,30,31). The van der Waals surface area contributed by atoms with Crippen LogP contribution in [0.4, 0.5) is 0 Å². The predicted molar refractivity (Wildman–Crippen MR) is 135 cm³/mol. The van der Waals surface area contributed by atoms with Crippen LogP contribution in [0, 0.1) is 6.92 Å². The number of aryl methyl sites for hydroxylation is 1. The molecule has 1 aliphatic heterocycles. The average molecular weight is 507 g/mol. The lowest BCUT2D eigenvalue weighted by Gasteiger charge is -2.34. The maximum Gasteiger partial charge on any atom is 0.373 e. The number of aromatic carboxylic acids is 1. The molecule has 0 amide bonds. The van der Waals surface area contributed by atoms with E-state index in [0.29, 0.717) is 41.7 Å². The Morgan fingerprint density at radius 2 is 1.86 bits per heavy atom. The van der Waals surface area contributed by atoms with Crippen molar-refractivity contribution >= 4 is 17.0 Å². The van der Waals surface area contributed by atoms with Gasteiger partial charge in [0.25, 0.3) is 0 Å². The fraction of sp³-hybridized carbons (Fsp3) is 0.400. The van der Waals surface area contributed by atoms with Gasteiger partial charge in [0, 0.05) is 51.3 Å². The molecule has 4 aromatic rings. The molecule has 4 N–H and O–H groups in total. The van der Waals surface area contributed by atoms with Crippen molar-refractivity contribution in [2.75, 3.05) is 45.9 Å². The Kier molecular flexibility index (Phi) is 7.40. The number of pyridine rings is 1. The molecule has 3 aromatic heterocycles. The first-order valence-corrected chi connectivity index (χ1v) is 12.3. The third-order valence-corrected chi connectivity index (χ3v) is 6.52. The largest absolute Gasteiger partial charge is 0.491 e. The van der Waals surface area contributed by atoms with Crippen LogP contribution in [0.1, 0.15) is 27.6 Å². The van der Waals surface area contributed by atoms with Gasteiger partial charge in [0.05, 0.1) is 23.8 Å². The van der Waals surface area contributed by atoms with Crippen molar-refractivity contribution in [2.45, 2.75) is 20.0 Å². The Bertz CT molecular complexity index is 1380. The number of imidazole rings is 1. The number of hydrogen-bond donors (Lipinski definition) is 4. The van der Waals surface area contributed by atoms with Gasteiger partial charge in [-0.1, -0.05) is 6.07 Å². The van der Waals surface area contributed by atoms with Gasteiger partial charge in [-0.25, -0.2) is 14.8 Å². The van der Waals surface area contributed by atoms with Crippen LogP contribution in [-0.4, -0.2) is 102 Å². The lowest BCUT2D eigenvalue weighted by Crippen LogP contribution is -2.47. The molecule has 1 aromatic carbocycles. The molecule has 12 heteroatoms. The molecule has 0 bridgehead atoms.